The van der Waals surface area contributed by atoms with Crippen molar-refractivity contribution in [3.05, 3.63) is 16.5 Å². The van der Waals surface area contributed by atoms with E-state index in [4.69, 9.17) is 11.6 Å². The van der Waals surface area contributed by atoms with E-state index in [-0.39, 0.29) is 10.7 Å². The Morgan fingerprint density at radius 1 is 1.47 bits per heavy atom. The first-order valence-corrected chi connectivity index (χ1v) is 6.58. The minimum absolute atomic E-state index is 0.119. The summed E-state index contributed by atoms with van der Waals surface area (Å²) in [5.41, 5.74) is -0.660. The molecule has 0 aliphatic carbocycles. The van der Waals surface area contributed by atoms with Crippen molar-refractivity contribution in [1.82, 2.24) is 9.97 Å². The smallest absolute Gasteiger partial charge is 0.156 e. The van der Waals surface area contributed by atoms with Gasteiger partial charge in [0.25, 0.3) is 0 Å². The average Bonchev–Trinajstić information content (AvgIpc) is 2.24. The van der Waals surface area contributed by atoms with Crippen LogP contribution in [0.4, 0.5) is 5.82 Å². The van der Waals surface area contributed by atoms with Gasteiger partial charge < -0.3 is 10.4 Å². The standard InChI is InChI=1S/C13H20ClN3O2/c1-8(2)5-13(4,19)7-15-12-10(6-18)11(14)16-9(3)17-12/h6,8,19H,5,7H2,1-4H3,(H,15,16,17). The molecule has 0 bridgehead atoms. The molecule has 1 rings (SSSR count). The zero-order valence-corrected chi connectivity index (χ0v) is 12.5. The molecule has 1 heterocycles. The van der Waals surface area contributed by atoms with E-state index < -0.39 is 5.60 Å². The number of carbonyl (C=O) groups is 1. The summed E-state index contributed by atoms with van der Waals surface area (Å²) in [7, 11) is 0. The number of aliphatic hydroxyl groups is 1. The summed E-state index contributed by atoms with van der Waals surface area (Å²) in [4.78, 5) is 19.1. The van der Waals surface area contributed by atoms with Gasteiger partial charge in [-0.25, -0.2) is 9.97 Å². The van der Waals surface area contributed by atoms with Gasteiger partial charge in [-0.3, -0.25) is 4.79 Å². The lowest BCUT2D eigenvalue weighted by atomic mass is 9.94. The van der Waals surface area contributed by atoms with Gasteiger partial charge in [0.05, 0.1) is 11.2 Å². The van der Waals surface area contributed by atoms with Gasteiger partial charge in [-0.15, -0.1) is 0 Å². The van der Waals surface area contributed by atoms with Crippen LogP contribution < -0.4 is 5.32 Å². The number of aromatic nitrogens is 2. The number of nitrogens with one attached hydrogen (secondary N) is 1. The molecule has 0 amide bonds. The van der Waals surface area contributed by atoms with Crippen LogP contribution in [-0.4, -0.2) is 33.5 Å². The zero-order chi connectivity index (χ0) is 14.6. The zero-order valence-electron chi connectivity index (χ0n) is 11.7. The lowest BCUT2D eigenvalue weighted by Crippen LogP contribution is -2.35. The average molecular weight is 286 g/mol. The first-order chi connectivity index (χ1) is 8.75. The maximum atomic E-state index is 11.0. The molecule has 0 aromatic carbocycles. The highest BCUT2D eigenvalue weighted by Gasteiger charge is 2.22. The van der Waals surface area contributed by atoms with E-state index in [1.54, 1.807) is 13.8 Å². The first kappa shape index (κ1) is 15.9. The summed E-state index contributed by atoms with van der Waals surface area (Å²) < 4.78 is 0. The number of aldehydes is 1. The molecule has 1 aromatic rings. The maximum absolute atomic E-state index is 11.0. The van der Waals surface area contributed by atoms with E-state index in [1.807, 2.05) is 13.8 Å². The highest BCUT2D eigenvalue weighted by molar-refractivity contribution is 6.32. The fourth-order valence-corrected chi connectivity index (χ4v) is 2.27. The Kier molecular flexibility index (Phi) is 5.26. The second-order valence-electron chi connectivity index (χ2n) is 5.39. The van der Waals surface area contributed by atoms with Crippen molar-refractivity contribution in [3.8, 4) is 0 Å². The van der Waals surface area contributed by atoms with Crippen LogP contribution in [0, 0.1) is 12.8 Å². The van der Waals surface area contributed by atoms with E-state index in [0.717, 1.165) is 0 Å². The minimum atomic E-state index is -0.875. The van der Waals surface area contributed by atoms with Crippen molar-refractivity contribution in [2.75, 3.05) is 11.9 Å². The van der Waals surface area contributed by atoms with E-state index >= 15 is 0 Å². The van der Waals surface area contributed by atoms with Crippen LogP contribution in [-0.2, 0) is 0 Å². The molecular formula is C13H20ClN3O2. The van der Waals surface area contributed by atoms with Gasteiger partial charge in [0, 0.05) is 6.54 Å². The molecule has 0 fully saturated rings. The van der Waals surface area contributed by atoms with Gasteiger partial charge in [0.2, 0.25) is 0 Å². The van der Waals surface area contributed by atoms with Crippen LogP contribution in [0.5, 0.6) is 0 Å². The number of nitrogens with zero attached hydrogens (tertiary/aromatic N) is 2. The molecule has 1 aromatic heterocycles. The quantitative estimate of drug-likeness (QED) is 0.620. The molecular weight excluding hydrogens is 266 g/mol. The van der Waals surface area contributed by atoms with Crippen molar-refractivity contribution in [3.63, 3.8) is 0 Å². The third-order valence-corrected chi connectivity index (χ3v) is 2.90. The van der Waals surface area contributed by atoms with Crippen LogP contribution in [0.1, 0.15) is 43.4 Å². The van der Waals surface area contributed by atoms with E-state index in [9.17, 15) is 9.90 Å². The number of anilines is 1. The Labute approximate surface area is 118 Å². The molecule has 0 aliphatic rings. The second kappa shape index (κ2) is 6.30. The van der Waals surface area contributed by atoms with Crippen LogP contribution in [0.25, 0.3) is 0 Å². The summed E-state index contributed by atoms with van der Waals surface area (Å²) in [6.07, 6.45) is 1.26. The topological polar surface area (TPSA) is 75.1 Å². The summed E-state index contributed by atoms with van der Waals surface area (Å²) in [5.74, 6) is 1.20. The monoisotopic (exact) mass is 285 g/mol. The van der Waals surface area contributed by atoms with E-state index in [0.29, 0.717) is 36.8 Å². The molecule has 0 saturated carbocycles. The first-order valence-electron chi connectivity index (χ1n) is 6.21. The molecule has 1 atom stereocenters. The van der Waals surface area contributed by atoms with E-state index in [2.05, 4.69) is 15.3 Å². The van der Waals surface area contributed by atoms with Crippen molar-refractivity contribution >= 4 is 23.7 Å². The molecule has 0 spiro atoms. The molecule has 0 aliphatic heterocycles. The Balaban J connectivity index is 2.85. The fourth-order valence-electron chi connectivity index (χ4n) is 2.01. The molecule has 0 radical (unpaired) electrons. The molecule has 2 N–H and O–H groups in total. The van der Waals surface area contributed by atoms with E-state index in [1.165, 1.54) is 0 Å². The van der Waals surface area contributed by atoms with Crippen LogP contribution in [0.3, 0.4) is 0 Å². The molecule has 1 unspecified atom stereocenters. The Morgan fingerprint density at radius 2 is 2.11 bits per heavy atom. The highest BCUT2D eigenvalue weighted by atomic mass is 35.5. The number of rotatable bonds is 6. The second-order valence-corrected chi connectivity index (χ2v) is 5.75. The molecule has 19 heavy (non-hydrogen) atoms. The van der Waals surface area contributed by atoms with Crippen molar-refractivity contribution in [2.24, 2.45) is 5.92 Å². The summed E-state index contributed by atoms with van der Waals surface area (Å²) in [5, 5.41) is 13.3. The molecule has 0 saturated heterocycles. The number of halogens is 1. The normalized spacial score (nSPS) is 14.3. The van der Waals surface area contributed by atoms with Crippen molar-refractivity contribution < 1.29 is 9.90 Å². The fraction of sp³-hybridized carbons (Fsp3) is 0.615. The van der Waals surface area contributed by atoms with Gasteiger partial charge in [0.15, 0.2) is 6.29 Å². The highest BCUT2D eigenvalue weighted by Crippen LogP contribution is 2.21. The number of aryl methyl sites for hydroxylation is 1. The molecule has 6 heteroatoms. The number of hydrogen-bond donors (Lipinski definition) is 2. The summed E-state index contributed by atoms with van der Waals surface area (Å²) in [6.45, 7) is 7.81. The van der Waals surface area contributed by atoms with Crippen LogP contribution in [0.15, 0.2) is 0 Å². The summed E-state index contributed by atoms with van der Waals surface area (Å²) >= 11 is 5.88. The Morgan fingerprint density at radius 3 is 2.63 bits per heavy atom. The SMILES string of the molecule is Cc1nc(Cl)c(C=O)c(NCC(C)(O)CC(C)C)n1. The third kappa shape index (κ3) is 4.76. The van der Waals surface area contributed by atoms with Gasteiger partial charge >= 0.3 is 0 Å². The van der Waals surface area contributed by atoms with Gasteiger partial charge in [-0.2, -0.15) is 0 Å². The van der Waals surface area contributed by atoms with Crippen LogP contribution in [0.2, 0.25) is 5.15 Å². The van der Waals surface area contributed by atoms with Crippen molar-refractivity contribution in [2.45, 2.75) is 39.7 Å². The van der Waals surface area contributed by atoms with Gasteiger partial charge in [-0.05, 0) is 26.2 Å². The minimum Gasteiger partial charge on any atom is -0.388 e. The lowest BCUT2D eigenvalue weighted by molar-refractivity contribution is 0.0514. The maximum Gasteiger partial charge on any atom is 0.156 e. The molecule has 106 valence electrons. The number of hydrogen-bond acceptors (Lipinski definition) is 5. The van der Waals surface area contributed by atoms with Crippen molar-refractivity contribution in [1.29, 1.82) is 0 Å². The van der Waals surface area contributed by atoms with Gasteiger partial charge in [0.1, 0.15) is 16.8 Å². The lowest BCUT2D eigenvalue weighted by Gasteiger charge is -2.26. The predicted molar refractivity (Wildman–Crippen MR) is 75.7 cm³/mol. The van der Waals surface area contributed by atoms with Crippen LogP contribution >= 0.6 is 11.6 Å². The Hall–Kier alpha value is -1.20. The van der Waals surface area contributed by atoms with Gasteiger partial charge in [-0.1, -0.05) is 25.4 Å². The predicted octanol–water partition coefficient (Wildman–Crippen LogP) is 2.46. The summed E-state index contributed by atoms with van der Waals surface area (Å²) in [6, 6.07) is 0. The molecule has 5 nitrogen and oxygen atoms in total. The third-order valence-electron chi connectivity index (χ3n) is 2.61. The Bertz CT molecular complexity index is 461. The number of carbonyl (C=O) groups excluding carboxylic acids is 1. The largest absolute Gasteiger partial charge is 0.388 e.